The maximum atomic E-state index is 12.1. The van der Waals surface area contributed by atoms with E-state index in [2.05, 4.69) is 17.2 Å². The van der Waals surface area contributed by atoms with Crippen LogP contribution >= 0.6 is 0 Å². The topological polar surface area (TPSA) is 95.6 Å². The summed E-state index contributed by atoms with van der Waals surface area (Å²) < 4.78 is 24.7. The van der Waals surface area contributed by atoms with E-state index in [9.17, 15) is 18.0 Å². The van der Waals surface area contributed by atoms with Crippen LogP contribution in [0.4, 0.5) is 5.69 Å². The molecule has 2 rings (SSSR count). The minimum Gasteiger partial charge on any atom is -0.351 e. The summed E-state index contributed by atoms with van der Waals surface area (Å²) in [4.78, 5) is 23.3. The largest absolute Gasteiger partial charge is 0.351 e. The number of amides is 2. The van der Waals surface area contributed by atoms with E-state index in [1.54, 1.807) is 24.3 Å². The fourth-order valence-electron chi connectivity index (χ4n) is 2.27. The normalized spacial score (nSPS) is 16.7. The molecule has 0 bridgehead atoms. The second-order valence-corrected chi connectivity index (χ2v) is 7.19. The molecular formula is C15H19N3O4S. The molecule has 8 heteroatoms. The third kappa shape index (κ3) is 4.64. The first-order chi connectivity index (χ1) is 10.9. The Bertz CT molecular complexity index is 715. The van der Waals surface area contributed by atoms with Crippen molar-refractivity contribution in [3.63, 3.8) is 0 Å². The third-order valence-electron chi connectivity index (χ3n) is 3.43. The minimum atomic E-state index is -3.15. The number of benzene rings is 1. The van der Waals surface area contributed by atoms with E-state index in [0.29, 0.717) is 24.2 Å². The lowest BCUT2D eigenvalue weighted by Gasteiger charge is -2.14. The molecule has 1 aliphatic heterocycles. The molecule has 1 heterocycles. The lowest BCUT2D eigenvalue weighted by Crippen LogP contribution is -2.35. The SMILES string of the molecule is C=CC(=O)Nc1cccc(C(=O)NCCN2CCCS2(=O)=O)c1. The van der Waals surface area contributed by atoms with Gasteiger partial charge in [-0.15, -0.1) is 0 Å². The zero-order valence-corrected chi connectivity index (χ0v) is 13.4. The van der Waals surface area contributed by atoms with Gasteiger partial charge in [-0.05, 0) is 30.7 Å². The Kier molecular flexibility index (Phi) is 5.51. The highest BCUT2D eigenvalue weighted by atomic mass is 32.2. The highest BCUT2D eigenvalue weighted by Gasteiger charge is 2.27. The van der Waals surface area contributed by atoms with Crippen LogP contribution in [0.5, 0.6) is 0 Å². The van der Waals surface area contributed by atoms with Crippen LogP contribution in [-0.4, -0.2) is 49.9 Å². The molecule has 1 aromatic carbocycles. The van der Waals surface area contributed by atoms with Crippen LogP contribution in [0.2, 0.25) is 0 Å². The van der Waals surface area contributed by atoms with E-state index in [0.717, 1.165) is 6.08 Å². The average molecular weight is 337 g/mol. The second kappa shape index (κ2) is 7.38. The first-order valence-corrected chi connectivity index (χ1v) is 8.83. The average Bonchev–Trinajstić information content (AvgIpc) is 2.86. The number of carbonyl (C=O) groups excluding carboxylic acids is 2. The summed E-state index contributed by atoms with van der Waals surface area (Å²) in [5, 5.41) is 5.25. The number of rotatable bonds is 6. The fraction of sp³-hybridized carbons (Fsp3) is 0.333. The lowest BCUT2D eigenvalue weighted by molar-refractivity contribution is -0.111. The standard InChI is InChI=1S/C15H19N3O4S/c1-2-14(19)17-13-6-3-5-12(11-13)15(20)16-7-9-18-8-4-10-23(18,21)22/h2-3,5-6,11H,1,4,7-10H2,(H,16,20)(H,17,19). The van der Waals surface area contributed by atoms with Crippen molar-refractivity contribution >= 4 is 27.5 Å². The van der Waals surface area contributed by atoms with Crippen LogP contribution in [0.1, 0.15) is 16.8 Å². The summed E-state index contributed by atoms with van der Waals surface area (Å²) in [6.45, 7) is 4.36. The summed E-state index contributed by atoms with van der Waals surface area (Å²) >= 11 is 0. The van der Waals surface area contributed by atoms with Crippen molar-refractivity contribution in [2.75, 3.05) is 30.7 Å². The van der Waals surface area contributed by atoms with Crippen LogP contribution in [0.3, 0.4) is 0 Å². The van der Waals surface area contributed by atoms with Crippen LogP contribution in [0.25, 0.3) is 0 Å². The zero-order valence-electron chi connectivity index (χ0n) is 12.6. The van der Waals surface area contributed by atoms with Crippen LogP contribution in [-0.2, 0) is 14.8 Å². The van der Waals surface area contributed by atoms with Gasteiger partial charge < -0.3 is 10.6 Å². The molecule has 0 aromatic heterocycles. The molecule has 1 aliphatic rings. The molecule has 2 amide bonds. The van der Waals surface area contributed by atoms with E-state index in [-0.39, 0.29) is 30.7 Å². The Morgan fingerprint density at radius 1 is 1.35 bits per heavy atom. The van der Waals surface area contributed by atoms with Crippen molar-refractivity contribution in [3.05, 3.63) is 42.5 Å². The first-order valence-electron chi connectivity index (χ1n) is 7.22. The number of nitrogens with zero attached hydrogens (tertiary/aromatic N) is 1. The zero-order chi connectivity index (χ0) is 16.9. The predicted octanol–water partition coefficient (Wildman–Crippen LogP) is 0.576. The quantitative estimate of drug-likeness (QED) is 0.742. The number of sulfonamides is 1. The van der Waals surface area contributed by atoms with Crippen molar-refractivity contribution in [2.24, 2.45) is 0 Å². The van der Waals surface area contributed by atoms with Gasteiger partial charge in [-0.25, -0.2) is 12.7 Å². The Morgan fingerprint density at radius 2 is 2.13 bits per heavy atom. The fourth-order valence-corrected chi connectivity index (χ4v) is 3.80. The Labute approximate surface area is 135 Å². The maximum Gasteiger partial charge on any atom is 0.251 e. The maximum absolute atomic E-state index is 12.1. The molecule has 23 heavy (non-hydrogen) atoms. The van der Waals surface area contributed by atoms with Gasteiger partial charge in [-0.3, -0.25) is 9.59 Å². The molecule has 0 unspecified atom stereocenters. The number of nitrogens with one attached hydrogen (secondary N) is 2. The van der Waals surface area contributed by atoms with E-state index in [1.165, 1.54) is 4.31 Å². The van der Waals surface area contributed by atoms with Gasteiger partial charge in [0.2, 0.25) is 15.9 Å². The Morgan fingerprint density at radius 3 is 2.78 bits per heavy atom. The van der Waals surface area contributed by atoms with Crippen LogP contribution < -0.4 is 10.6 Å². The van der Waals surface area contributed by atoms with Crippen molar-refractivity contribution < 1.29 is 18.0 Å². The van der Waals surface area contributed by atoms with Gasteiger partial charge in [-0.1, -0.05) is 12.6 Å². The molecule has 0 saturated carbocycles. The predicted molar refractivity (Wildman–Crippen MR) is 87.6 cm³/mol. The van der Waals surface area contributed by atoms with E-state index in [4.69, 9.17) is 0 Å². The van der Waals surface area contributed by atoms with Crippen LogP contribution in [0.15, 0.2) is 36.9 Å². The highest BCUT2D eigenvalue weighted by molar-refractivity contribution is 7.89. The molecule has 7 nitrogen and oxygen atoms in total. The highest BCUT2D eigenvalue weighted by Crippen LogP contribution is 2.13. The number of hydrogen-bond acceptors (Lipinski definition) is 4. The summed E-state index contributed by atoms with van der Waals surface area (Å²) in [6, 6.07) is 6.47. The molecule has 1 saturated heterocycles. The molecule has 124 valence electrons. The van der Waals surface area contributed by atoms with E-state index >= 15 is 0 Å². The summed E-state index contributed by atoms with van der Waals surface area (Å²) in [6.07, 6.45) is 1.77. The van der Waals surface area contributed by atoms with Gasteiger partial charge in [0.05, 0.1) is 5.75 Å². The molecule has 1 aromatic rings. The molecule has 2 N–H and O–H groups in total. The Hall–Kier alpha value is -2.19. The van der Waals surface area contributed by atoms with Crippen molar-refractivity contribution in [1.29, 1.82) is 0 Å². The third-order valence-corrected chi connectivity index (χ3v) is 5.38. The minimum absolute atomic E-state index is 0.173. The number of hydrogen-bond donors (Lipinski definition) is 2. The molecule has 0 aliphatic carbocycles. The van der Waals surface area contributed by atoms with E-state index < -0.39 is 10.0 Å². The van der Waals surface area contributed by atoms with Crippen molar-refractivity contribution in [1.82, 2.24) is 9.62 Å². The van der Waals surface area contributed by atoms with Gasteiger partial charge in [0.15, 0.2) is 0 Å². The number of anilines is 1. The summed E-state index contributed by atoms with van der Waals surface area (Å²) in [7, 11) is -3.15. The monoisotopic (exact) mass is 337 g/mol. The Balaban J connectivity index is 1.89. The van der Waals surface area contributed by atoms with Crippen molar-refractivity contribution in [3.8, 4) is 0 Å². The van der Waals surface area contributed by atoms with E-state index in [1.807, 2.05) is 0 Å². The van der Waals surface area contributed by atoms with Gasteiger partial charge in [0.1, 0.15) is 0 Å². The molecule has 0 spiro atoms. The number of carbonyl (C=O) groups is 2. The van der Waals surface area contributed by atoms with Gasteiger partial charge in [0.25, 0.3) is 5.91 Å². The van der Waals surface area contributed by atoms with Gasteiger partial charge >= 0.3 is 0 Å². The second-order valence-electron chi connectivity index (χ2n) is 5.10. The lowest BCUT2D eigenvalue weighted by atomic mass is 10.2. The van der Waals surface area contributed by atoms with Gasteiger partial charge in [0, 0.05) is 30.9 Å². The van der Waals surface area contributed by atoms with Crippen LogP contribution in [0, 0.1) is 0 Å². The molecule has 1 fully saturated rings. The molecular weight excluding hydrogens is 318 g/mol. The molecule has 0 radical (unpaired) electrons. The summed E-state index contributed by atoms with van der Waals surface area (Å²) in [5.41, 5.74) is 0.876. The van der Waals surface area contributed by atoms with Crippen molar-refractivity contribution in [2.45, 2.75) is 6.42 Å². The molecule has 0 atom stereocenters. The smallest absolute Gasteiger partial charge is 0.251 e. The first kappa shape index (κ1) is 17.2. The van der Waals surface area contributed by atoms with Gasteiger partial charge in [-0.2, -0.15) is 0 Å². The summed E-state index contributed by atoms with van der Waals surface area (Å²) in [5.74, 6) is -0.510.